The van der Waals surface area contributed by atoms with Crippen molar-refractivity contribution in [2.45, 2.75) is 20.3 Å². The number of rotatable bonds is 5. The van der Waals surface area contributed by atoms with Gasteiger partial charge in [0.15, 0.2) is 0 Å². The molecule has 0 saturated carbocycles. The number of para-hydroxylation sites is 1. The van der Waals surface area contributed by atoms with E-state index < -0.39 is 0 Å². The first-order valence-electron chi connectivity index (χ1n) is 6.11. The van der Waals surface area contributed by atoms with Crippen molar-refractivity contribution in [1.29, 1.82) is 0 Å². The molecular weight excluding hydrogens is 244 g/mol. The molecule has 94 valence electrons. The van der Waals surface area contributed by atoms with Gasteiger partial charge in [0.05, 0.1) is 17.0 Å². The van der Waals surface area contributed by atoms with Crippen molar-refractivity contribution in [3.05, 3.63) is 51.7 Å². The average molecular weight is 260 g/mol. The van der Waals surface area contributed by atoms with E-state index >= 15 is 0 Å². The number of thiophene rings is 1. The van der Waals surface area contributed by atoms with Gasteiger partial charge in [-0.05, 0) is 37.6 Å². The molecule has 0 aliphatic heterocycles. The second kappa shape index (κ2) is 5.83. The van der Waals surface area contributed by atoms with Gasteiger partial charge in [-0.25, -0.2) is 0 Å². The lowest BCUT2D eigenvalue weighted by atomic mass is 10.1. The maximum absolute atomic E-state index is 12.4. The topological polar surface area (TPSA) is 26.3 Å². The molecule has 0 radical (unpaired) electrons. The molecule has 0 fully saturated rings. The predicted octanol–water partition coefficient (Wildman–Crippen LogP) is 3.94. The van der Waals surface area contributed by atoms with E-state index in [0.717, 1.165) is 11.3 Å². The van der Waals surface area contributed by atoms with E-state index in [9.17, 15) is 4.79 Å². The van der Waals surface area contributed by atoms with Crippen molar-refractivity contribution < 1.29 is 9.53 Å². The maximum atomic E-state index is 12.4. The summed E-state index contributed by atoms with van der Waals surface area (Å²) in [7, 11) is 0. The van der Waals surface area contributed by atoms with E-state index in [1.165, 1.54) is 4.88 Å². The molecule has 0 unspecified atom stereocenters. The lowest BCUT2D eigenvalue weighted by molar-refractivity contribution is 0.103. The van der Waals surface area contributed by atoms with Gasteiger partial charge in [-0.1, -0.05) is 19.1 Å². The van der Waals surface area contributed by atoms with Crippen molar-refractivity contribution in [3.8, 4) is 5.75 Å². The first kappa shape index (κ1) is 12.8. The molecule has 0 aliphatic carbocycles. The largest absolute Gasteiger partial charge is 0.493 e. The lowest BCUT2D eigenvalue weighted by Crippen LogP contribution is -2.03. The number of benzene rings is 1. The molecule has 0 saturated heterocycles. The van der Waals surface area contributed by atoms with Crippen molar-refractivity contribution in [2.75, 3.05) is 6.61 Å². The summed E-state index contributed by atoms with van der Waals surface area (Å²) >= 11 is 1.56. The van der Waals surface area contributed by atoms with Gasteiger partial charge in [-0.15, -0.1) is 11.3 Å². The monoisotopic (exact) mass is 260 g/mol. The van der Waals surface area contributed by atoms with Crippen molar-refractivity contribution >= 4 is 17.1 Å². The Morgan fingerprint density at radius 1 is 1.17 bits per heavy atom. The summed E-state index contributed by atoms with van der Waals surface area (Å²) in [5, 5.41) is 0. The molecule has 2 aromatic rings. The van der Waals surface area contributed by atoms with E-state index in [1.807, 2.05) is 43.3 Å². The van der Waals surface area contributed by atoms with Crippen LogP contribution in [-0.2, 0) is 6.42 Å². The number of carbonyl (C=O) groups is 1. The molecule has 18 heavy (non-hydrogen) atoms. The number of hydrogen-bond donors (Lipinski definition) is 0. The molecule has 2 rings (SSSR count). The third-order valence-corrected chi connectivity index (χ3v) is 3.89. The smallest absolute Gasteiger partial charge is 0.206 e. The number of ether oxygens (including phenoxy) is 1. The fourth-order valence-corrected chi connectivity index (χ4v) is 2.66. The number of hydrogen-bond acceptors (Lipinski definition) is 3. The van der Waals surface area contributed by atoms with Crippen LogP contribution in [0, 0.1) is 0 Å². The van der Waals surface area contributed by atoms with E-state index in [1.54, 1.807) is 11.3 Å². The van der Waals surface area contributed by atoms with Crippen LogP contribution in [0.25, 0.3) is 0 Å². The van der Waals surface area contributed by atoms with E-state index in [4.69, 9.17) is 4.74 Å². The fourth-order valence-electron chi connectivity index (χ4n) is 1.76. The number of ketones is 1. The SMILES string of the molecule is CCOc1ccccc1C(=O)c1ccc(CC)s1. The molecule has 1 heterocycles. The van der Waals surface area contributed by atoms with Crippen molar-refractivity contribution in [1.82, 2.24) is 0 Å². The third-order valence-electron chi connectivity index (χ3n) is 2.67. The highest BCUT2D eigenvalue weighted by molar-refractivity contribution is 7.14. The summed E-state index contributed by atoms with van der Waals surface area (Å²) in [6.45, 7) is 4.57. The molecule has 0 bridgehead atoms. The molecule has 1 aromatic heterocycles. The van der Waals surface area contributed by atoms with Crippen LogP contribution in [0.4, 0.5) is 0 Å². The van der Waals surface area contributed by atoms with Gasteiger partial charge in [0.1, 0.15) is 5.75 Å². The van der Waals surface area contributed by atoms with Crippen LogP contribution in [0.5, 0.6) is 5.75 Å². The van der Waals surface area contributed by atoms with Crippen LogP contribution in [-0.4, -0.2) is 12.4 Å². The van der Waals surface area contributed by atoms with Crippen LogP contribution in [0.1, 0.15) is 34.0 Å². The van der Waals surface area contributed by atoms with Crippen LogP contribution in [0.2, 0.25) is 0 Å². The molecule has 0 spiro atoms. The Hall–Kier alpha value is -1.61. The zero-order valence-corrected chi connectivity index (χ0v) is 11.4. The standard InChI is InChI=1S/C15H16O2S/c1-3-11-9-10-14(18-11)15(16)12-7-5-6-8-13(12)17-4-2/h5-10H,3-4H2,1-2H3. The summed E-state index contributed by atoms with van der Waals surface area (Å²) in [6.07, 6.45) is 0.963. The van der Waals surface area contributed by atoms with Crippen LogP contribution in [0.15, 0.2) is 36.4 Å². The average Bonchev–Trinajstić information content (AvgIpc) is 2.88. The quantitative estimate of drug-likeness (QED) is 0.761. The first-order chi connectivity index (χ1) is 8.76. The van der Waals surface area contributed by atoms with Crippen LogP contribution < -0.4 is 4.74 Å². The Morgan fingerprint density at radius 3 is 2.61 bits per heavy atom. The summed E-state index contributed by atoms with van der Waals surface area (Å²) in [6, 6.07) is 11.3. The Bertz CT molecular complexity index is 543. The molecular formula is C15H16O2S. The van der Waals surface area contributed by atoms with Gasteiger partial charge < -0.3 is 4.74 Å². The predicted molar refractivity (Wildman–Crippen MR) is 74.7 cm³/mol. The molecule has 0 aliphatic rings. The van der Waals surface area contributed by atoms with Crippen molar-refractivity contribution in [2.24, 2.45) is 0 Å². The van der Waals surface area contributed by atoms with Crippen LogP contribution >= 0.6 is 11.3 Å². The molecule has 1 aromatic carbocycles. The minimum absolute atomic E-state index is 0.0451. The summed E-state index contributed by atoms with van der Waals surface area (Å²) in [4.78, 5) is 14.4. The Labute approximate surface area is 111 Å². The minimum Gasteiger partial charge on any atom is -0.493 e. The highest BCUT2D eigenvalue weighted by Crippen LogP contribution is 2.25. The number of carbonyl (C=O) groups excluding carboxylic acids is 1. The first-order valence-corrected chi connectivity index (χ1v) is 6.93. The Balaban J connectivity index is 2.33. The minimum atomic E-state index is 0.0451. The van der Waals surface area contributed by atoms with Gasteiger partial charge in [0.2, 0.25) is 5.78 Å². The maximum Gasteiger partial charge on any atom is 0.206 e. The zero-order chi connectivity index (χ0) is 13.0. The third kappa shape index (κ3) is 2.62. The summed E-state index contributed by atoms with van der Waals surface area (Å²) in [5.74, 6) is 0.709. The number of aryl methyl sites for hydroxylation is 1. The molecule has 0 amide bonds. The Morgan fingerprint density at radius 2 is 1.94 bits per heavy atom. The highest BCUT2D eigenvalue weighted by Gasteiger charge is 2.15. The highest BCUT2D eigenvalue weighted by atomic mass is 32.1. The second-order valence-electron chi connectivity index (χ2n) is 3.88. The molecule has 2 nitrogen and oxygen atoms in total. The molecule has 0 atom stereocenters. The molecule has 0 N–H and O–H groups in total. The van der Waals surface area contributed by atoms with Crippen molar-refractivity contribution in [3.63, 3.8) is 0 Å². The second-order valence-corrected chi connectivity index (χ2v) is 5.05. The van der Waals surface area contributed by atoms with E-state index in [2.05, 4.69) is 6.92 Å². The van der Waals surface area contributed by atoms with E-state index in [0.29, 0.717) is 17.9 Å². The van der Waals surface area contributed by atoms with Gasteiger partial charge in [0, 0.05) is 4.88 Å². The lowest BCUT2D eigenvalue weighted by Gasteiger charge is -2.07. The molecule has 3 heteroatoms. The van der Waals surface area contributed by atoms with Crippen LogP contribution in [0.3, 0.4) is 0 Å². The Kier molecular flexibility index (Phi) is 4.15. The van der Waals surface area contributed by atoms with Gasteiger partial charge >= 0.3 is 0 Å². The van der Waals surface area contributed by atoms with E-state index in [-0.39, 0.29) is 5.78 Å². The zero-order valence-electron chi connectivity index (χ0n) is 10.6. The summed E-state index contributed by atoms with van der Waals surface area (Å²) < 4.78 is 5.50. The normalized spacial score (nSPS) is 10.3. The fraction of sp³-hybridized carbons (Fsp3) is 0.267. The summed E-state index contributed by atoms with van der Waals surface area (Å²) in [5.41, 5.74) is 0.642. The van der Waals surface area contributed by atoms with Gasteiger partial charge in [0.25, 0.3) is 0 Å². The van der Waals surface area contributed by atoms with Gasteiger partial charge in [-0.3, -0.25) is 4.79 Å². The van der Waals surface area contributed by atoms with Gasteiger partial charge in [-0.2, -0.15) is 0 Å².